The molecule has 0 spiro atoms. The van der Waals surface area contributed by atoms with Crippen molar-refractivity contribution in [3.8, 4) is 5.75 Å². The molecule has 19 heavy (non-hydrogen) atoms. The van der Waals surface area contributed by atoms with Gasteiger partial charge in [0.25, 0.3) is 0 Å². The first-order valence-corrected chi connectivity index (χ1v) is 7.60. The lowest BCUT2D eigenvalue weighted by atomic mass is 9.92. The van der Waals surface area contributed by atoms with Crippen LogP contribution in [0.25, 0.3) is 0 Å². The van der Waals surface area contributed by atoms with Gasteiger partial charge in [-0.1, -0.05) is 26.0 Å². The SMILES string of the molecule is CC(NCC1(C(C)C)CC1)c1ccc2c(c1)CCO2. The van der Waals surface area contributed by atoms with Crippen molar-refractivity contribution in [2.45, 2.75) is 46.1 Å². The van der Waals surface area contributed by atoms with Crippen molar-refractivity contribution in [3.63, 3.8) is 0 Å². The summed E-state index contributed by atoms with van der Waals surface area (Å²) in [5.74, 6) is 1.87. The van der Waals surface area contributed by atoms with Crippen LogP contribution in [0.5, 0.6) is 5.75 Å². The van der Waals surface area contributed by atoms with Crippen LogP contribution in [0.15, 0.2) is 18.2 Å². The molecule has 1 aliphatic carbocycles. The van der Waals surface area contributed by atoms with Crippen LogP contribution in [-0.2, 0) is 6.42 Å². The van der Waals surface area contributed by atoms with Gasteiger partial charge in [0, 0.05) is 19.0 Å². The second-order valence-electron chi connectivity index (χ2n) is 6.59. The van der Waals surface area contributed by atoms with Gasteiger partial charge in [-0.05, 0) is 48.3 Å². The van der Waals surface area contributed by atoms with Gasteiger partial charge in [0.2, 0.25) is 0 Å². The van der Waals surface area contributed by atoms with Crippen molar-refractivity contribution < 1.29 is 4.74 Å². The van der Waals surface area contributed by atoms with Gasteiger partial charge in [0.05, 0.1) is 6.61 Å². The van der Waals surface area contributed by atoms with E-state index in [0.29, 0.717) is 11.5 Å². The van der Waals surface area contributed by atoms with E-state index in [9.17, 15) is 0 Å². The molecule has 0 amide bonds. The number of fused-ring (bicyclic) bond motifs is 1. The molecule has 1 aromatic rings. The first-order chi connectivity index (χ1) is 9.11. The van der Waals surface area contributed by atoms with Crippen molar-refractivity contribution in [1.82, 2.24) is 5.32 Å². The Morgan fingerprint density at radius 3 is 2.74 bits per heavy atom. The van der Waals surface area contributed by atoms with E-state index in [4.69, 9.17) is 4.74 Å². The number of nitrogens with one attached hydrogen (secondary N) is 1. The van der Waals surface area contributed by atoms with Crippen molar-refractivity contribution >= 4 is 0 Å². The summed E-state index contributed by atoms with van der Waals surface area (Å²) in [5, 5.41) is 3.73. The molecule has 2 heteroatoms. The van der Waals surface area contributed by atoms with E-state index in [1.54, 1.807) is 0 Å². The highest BCUT2D eigenvalue weighted by Crippen LogP contribution is 2.51. The summed E-state index contributed by atoms with van der Waals surface area (Å²) in [6.45, 7) is 8.97. The normalized spacial score (nSPS) is 21.1. The molecule has 2 aliphatic rings. The molecule has 104 valence electrons. The Balaban J connectivity index is 1.63. The lowest BCUT2D eigenvalue weighted by Crippen LogP contribution is -2.29. The van der Waals surface area contributed by atoms with Gasteiger partial charge >= 0.3 is 0 Å². The van der Waals surface area contributed by atoms with Crippen LogP contribution in [0.3, 0.4) is 0 Å². The molecule has 2 nitrogen and oxygen atoms in total. The van der Waals surface area contributed by atoms with E-state index in [1.165, 1.54) is 24.0 Å². The summed E-state index contributed by atoms with van der Waals surface area (Å²) in [4.78, 5) is 0. The highest BCUT2D eigenvalue weighted by Gasteiger charge is 2.44. The number of ether oxygens (including phenoxy) is 1. The van der Waals surface area contributed by atoms with E-state index in [-0.39, 0.29) is 0 Å². The molecule has 0 bridgehead atoms. The molecule has 3 rings (SSSR count). The predicted octanol–water partition coefficient (Wildman–Crippen LogP) is 3.71. The highest BCUT2D eigenvalue weighted by atomic mass is 16.5. The molecule has 1 aromatic carbocycles. The zero-order valence-corrected chi connectivity index (χ0v) is 12.3. The second kappa shape index (κ2) is 4.82. The monoisotopic (exact) mass is 259 g/mol. The first-order valence-electron chi connectivity index (χ1n) is 7.60. The minimum Gasteiger partial charge on any atom is -0.493 e. The fourth-order valence-electron chi connectivity index (χ4n) is 3.07. The molecular weight excluding hydrogens is 234 g/mol. The fourth-order valence-corrected chi connectivity index (χ4v) is 3.07. The van der Waals surface area contributed by atoms with Crippen LogP contribution in [0.4, 0.5) is 0 Å². The minimum atomic E-state index is 0.433. The topological polar surface area (TPSA) is 21.3 Å². The predicted molar refractivity (Wildman–Crippen MR) is 78.6 cm³/mol. The quantitative estimate of drug-likeness (QED) is 0.870. The fraction of sp³-hybridized carbons (Fsp3) is 0.647. The summed E-state index contributed by atoms with van der Waals surface area (Å²) >= 11 is 0. The molecule has 1 atom stereocenters. The Kier molecular flexibility index (Phi) is 3.30. The van der Waals surface area contributed by atoms with Crippen LogP contribution in [0.1, 0.15) is 50.8 Å². The third-order valence-corrected chi connectivity index (χ3v) is 5.09. The van der Waals surface area contributed by atoms with Crippen LogP contribution in [-0.4, -0.2) is 13.2 Å². The van der Waals surface area contributed by atoms with E-state index in [0.717, 1.165) is 31.2 Å². The van der Waals surface area contributed by atoms with Crippen molar-refractivity contribution in [2.24, 2.45) is 11.3 Å². The smallest absolute Gasteiger partial charge is 0.122 e. The lowest BCUT2D eigenvalue weighted by Gasteiger charge is -2.23. The molecule has 1 saturated carbocycles. The molecule has 1 unspecified atom stereocenters. The van der Waals surface area contributed by atoms with Crippen LogP contribution < -0.4 is 10.1 Å². The molecule has 1 fully saturated rings. The Bertz CT molecular complexity index is 462. The molecule has 0 radical (unpaired) electrons. The lowest BCUT2D eigenvalue weighted by molar-refractivity contribution is 0.325. The van der Waals surface area contributed by atoms with Gasteiger partial charge in [0.15, 0.2) is 0 Å². The Morgan fingerprint density at radius 1 is 1.26 bits per heavy atom. The van der Waals surface area contributed by atoms with E-state index >= 15 is 0 Å². The highest BCUT2D eigenvalue weighted by molar-refractivity contribution is 5.40. The van der Waals surface area contributed by atoms with Gasteiger partial charge in [0.1, 0.15) is 5.75 Å². The van der Waals surface area contributed by atoms with Crippen molar-refractivity contribution in [1.29, 1.82) is 0 Å². The molecular formula is C17H25NO. The zero-order chi connectivity index (χ0) is 13.5. The largest absolute Gasteiger partial charge is 0.493 e. The number of benzene rings is 1. The summed E-state index contributed by atoms with van der Waals surface area (Å²) in [5.41, 5.74) is 3.34. The van der Waals surface area contributed by atoms with E-state index in [1.807, 2.05) is 0 Å². The van der Waals surface area contributed by atoms with Crippen LogP contribution in [0.2, 0.25) is 0 Å². The van der Waals surface area contributed by atoms with Crippen molar-refractivity contribution in [2.75, 3.05) is 13.2 Å². The van der Waals surface area contributed by atoms with Crippen LogP contribution >= 0.6 is 0 Å². The van der Waals surface area contributed by atoms with Gasteiger partial charge in [-0.15, -0.1) is 0 Å². The van der Waals surface area contributed by atoms with Crippen molar-refractivity contribution in [3.05, 3.63) is 29.3 Å². The Morgan fingerprint density at radius 2 is 2.05 bits per heavy atom. The van der Waals surface area contributed by atoms with Gasteiger partial charge in [-0.25, -0.2) is 0 Å². The number of hydrogen-bond acceptors (Lipinski definition) is 2. The third kappa shape index (κ3) is 2.51. The van der Waals surface area contributed by atoms with Crippen LogP contribution in [0, 0.1) is 11.3 Å². The molecule has 1 N–H and O–H groups in total. The van der Waals surface area contributed by atoms with E-state index in [2.05, 4.69) is 44.3 Å². The van der Waals surface area contributed by atoms with Gasteiger partial charge in [-0.2, -0.15) is 0 Å². The first kappa shape index (κ1) is 13.0. The maximum absolute atomic E-state index is 5.57. The Labute approximate surface area is 116 Å². The molecule has 0 aromatic heterocycles. The van der Waals surface area contributed by atoms with E-state index < -0.39 is 0 Å². The van der Waals surface area contributed by atoms with Gasteiger partial charge < -0.3 is 10.1 Å². The maximum atomic E-state index is 5.57. The molecule has 0 saturated heterocycles. The summed E-state index contributed by atoms with van der Waals surface area (Å²) in [6.07, 6.45) is 3.84. The average molecular weight is 259 g/mol. The number of rotatable bonds is 5. The summed E-state index contributed by atoms with van der Waals surface area (Å²) in [6, 6.07) is 7.08. The maximum Gasteiger partial charge on any atom is 0.122 e. The zero-order valence-electron chi connectivity index (χ0n) is 12.3. The Hall–Kier alpha value is -1.02. The molecule has 1 aliphatic heterocycles. The summed E-state index contributed by atoms with van der Waals surface area (Å²) < 4.78 is 5.57. The third-order valence-electron chi connectivity index (χ3n) is 5.09. The standard InChI is InChI=1S/C17H25NO/c1-12(2)17(7-8-17)11-18-13(3)14-4-5-16-15(10-14)6-9-19-16/h4-5,10,12-13,18H,6-9,11H2,1-3H3. The average Bonchev–Trinajstić information content (AvgIpc) is 3.06. The minimum absolute atomic E-state index is 0.433. The molecule has 1 heterocycles. The van der Waals surface area contributed by atoms with Gasteiger partial charge in [-0.3, -0.25) is 0 Å². The summed E-state index contributed by atoms with van der Waals surface area (Å²) in [7, 11) is 0. The number of hydrogen-bond donors (Lipinski definition) is 1. The second-order valence-corrected chi connectivity index (χ2v) is 6.59.